The molecule has 0 aliphatic rings. The van der Waals surface area contributed by atoms with E-state index in [9.17, 15) is 4.79 Å². The smallest absolute Gasteiger partial charge is 0.197 e. The number of carbonyl (C=O) groups excluding carboxylic acids is 1. The average molecular weight is 283 g/mol. The average Bonchev–Trinajstić information content (AvgIpc) is 2.74. The maximum absolute atomic E-state index is 11.8. The van der Waals surface area contributed by atoms with Gasteiger partial charge in [0.15, 0.2) is 5.78 Å². The fourth-order valence-electron chi connectivity index (χ4n) is 1.29. The quantitative estimate of drug-likeness (QED) is 0.575. The van der Waals surface area contributed by atoms with Crippen molar-refractivity contribution in [2.75, 3.05) is 0 Å². The fourth-order valence-corrected chi connectivity index (χ4v) is 2.49. The van der Waals surface area contributed by atoms with Crippen LogP contribution in [-0.4, -0.2) is 5.78 Å². The van der Waals surface area contributed by atoms with E-state index in [1.54, 1.807) is 29.7 Å². The van der Waals surface area contributed by atoms with Crippen LogP contribution in [0.5, 0.6) is 0 Å². The summed E-state index contributed by atoms with van der Waals surface area (Å²) in [6.07, 6.45) is 3.26. The molecular weight excluding hydrogens is 275 g/mol. The van der Waals surface area contributed by atoms with Gasteiger partial charge in [0, 0.05) is 5.02 Å². The lowest BCUT2D eigenvalue weighted by molar-refractivity contribution is 0.105. The summed E-state index contributed by atoms with van der Waals surface area (Å²) in [6.45, 7) is 0. The summed E-state index contributed by atoms with van der Waals surface area (Å²) < 4.78 is 0. The van der Waals surface area contributed by atoms with Gasteiger partial charge in [0.2, 0.25) is 0 Å². The Morgan fingerprint density at radius 2 is 1.82 bits per heavy atom. The van der Waals surface area contributed by atoms with E-state index in [1.165, 1.54) is 17.4 Å². The number of ketones is 1. The minimum absolute atomic E-state index is 0.0834. The van der Waals surface area contributed by atoms with Gasteiger partial charge in [0.25, 0.3) is 0 Å². The van der Waals surface area contributed by atoms with E-state index in [1.807, 2.05) is 12.1 Å². The van der Waals surface area contributed by atoms with Gasteiger partial charge in [-0.1, -0.05) is 41.4 Å². The third kappa shape index (κ3) is 3.19. The van der Waals surface area contributed by atoms with E-state index < -0.39 is 0 Å². The molecule has 1 aromatic carbocycles. The van der Waals surface area contributed by atoms with E-state index in [0.717, 1.165) is 5.56 Å². The summed E-state index contributed by atoms with van der Waals surface area (Å²) in [5, 5.41) is 2.97. The van der Waals surface area contributed by atoms with Crippen LogP contribution in [0, 0.1) is 0 Å². The Morgan fingerprint density at radius 1 is 1.12 bits per heavy atom. The molecule has 0 atom stereocenters. The first-order valence-corrected chi connectivity index (χ1v) is 6.51. The van der Waals surface area contributed by atoms with Gasteiger partial charge in [-0.15, -0.1) is 11.3 Å². The number of benzene rings is 1. The minimum atomic E-state index is -0.0834. The summed E-state index contributed by atoms with van der Waals surface area (Å²) in [4.78, 5) is 12.3. The number of halogens is 2. The van der Waals surface area contributed by atoms with Crippen LogP contribution in [0.4, 0.5) is 0 Å². The van der Waals surface area contributed by atoms with Gasteiger partial charge in [0.05, 0.1) is 9.90 Å². The second-order valence-electron chi connectivity index (χ2n) is 3.35. The van der Waals surface area contributed by atoms with Gasteiger partial charge < -0.3 is 0 Å². The molecule has 86 valence electrons. The molecular formula is C13H8Cl2OS. The molecule has 0 radical (unpaired) electrons. The lowest BCUT2D eigenvalue weighted by atomic mass is 10.2. The van der Waals surface area contributed by atoms with Crippen LogP contribution in [0.3, 0.4) is 0 Å². The Kier molecular flexibility index (Phi) is 4.00. The zero-order valence-corrected chi connectivity index (χ0v) is 11.0. The number of rotatable bonds is 3. The van der Waals surface area contributed by atoms with Crippen LogP contribution in [0.25, 0.3) is 6.08 Å². The van der Waals surface area contributed by atoms with Crippen LogP contribution >= 0.6 is 34.5 Å². The minimum Gasteiger partial charge on any atom is -0.288 e. The molecule has 4 heteroatoms. The first-order chi connectivity index (χ1) is 8.16. The van der Waals surface area contributed by atoms with Crippen LogP contribution in [0.1, 0.15) is 15.2 Å². The second kappa shape index (κ2) is 5.50. The van der Waals surface area contributed by atoms with Gasteiger partial charge >= 0.3 is 0 Å². The summed E-state index contributed by atoms with van der Waals surface area (Å²) in [5.41, 5.74) is 0.926. The highest BCUT2D eigenvalue weighted by Gasteiger charge is 2.07. The van der Waals surface area contributed by atoms with Crippen LogP contribution < -0.4 is 0 Å². The molecule has 2 rings (SSSR count). The zero-order valence-electron chi connectivity index (χ0n) is 8.69. The second-order valence-corrected chi connectivity index (χ2v) is 5.11. The molecule has 0 spiro atoms. The molecule has 0 N–H and O–H groups in total. The lowest BCUT2D eigenvalue weighted by Crippen LogP contribution is -1.90. The number of carbonyl (C=O) groups is 1. The van der Waals surface area contributed by atoms with Gasteiger partial charge in [0.1, 0.15) is 0 Å². The molecule has 17 heavy (non-hydrogen) atoms. The topological polar surface area (TPSA) is 17.1 Å². The summed E-state index contributed by atoms with van der Waals surface area (Å²) >= 11 is 13.0. The zero-order chi connectivity index (χ0) is 12.3. The molecule has 2 aromatic rings. The first kappa shape index (κ1) is 12.4. The SMILES string of the molecule is O=C(/C=C/c1ccc(Cl)cc1)c1sccc1Cl. The molecule has 0 saturated carbocycles. The summed E-state index contributed by atoms with van der Waals surface area (Å²) in [5.74, 6) is -0.0834. The fraction of sp³-hybridized carbons (Fsp3) is 0. The molecule has 1 aromatic heterocycles. The molecule has 0 aliphatic carbocycles. The van der Waals surface area contributed by atoms with Crippen LogP contribution in [0.2, 0.25) is 10.0 Å². The summed E-state index contributed by atoms with van der Waals surface area (Å²) in [6, 6.07) is 8.98. The Hall–Kier alpha value is -1.09. The van der Waals surface area contributed by atoms with Crippen molar-refractivity contribution >= 4 is 46.4 Å². The normalized spacial score (nSPS) is 10.9. The lowest BCUT2D eigenvalue weighted by Gasteiger charge is -1.94. The molecule has 0 fully saturated rings. The largest absolute Gasteiger partial charge is 0.288 e. The van der Waals surface area contributed by atoms with Crippen molar-refractivity contribution in [2.24, 2.45) is 0 Å². The van der Waals surface area contributed by atoms with Crippen molar-refractivity contribution < 1.29 is 4.79 Å². The van der Waals surface area contributed by atoms with E-state index in [0.29, 0.717) is 14.9 Å². The van der Waals surface area contributed by atoms with E-state index in [4.69, 9.17) is 23.2 Å². The van der Waals surface area contributed by atoms with Crippen molar-refractivity contribution in [2.45, 2.75) is 0 Å². The summed E-state index contributed by atoms with van der Waals surface area (Å²) in [7, 11) is 0. The highest BCUT2D eigenvalue weighted by molar-refractivity contribution is 7.13. The van der Waals surface area contributed by atoms with Gasteiger partial charge in [-0.25, -0.2) is 0 Å². The molecule has 0 amide bonds. The van der Waals surface area contributed by atoms with Crippen molar-refractivity contribution in [3.63, 3.8) is 0 Å². The Balaban J connectivity index is 2.14. The Labute approximate surface area is 113 Å². The van der Waals surface area contributed by atoms with E-state index in [-0.39, 0.29) is 5.78 Å². The molecule has 1 heterocycles. The Morgan fingerprint density at radius 3 is 2.41 bits per heavy atom. The molecule has 0 saturated heterocycles. The highest BCUT2D eigenvalue weighted by Crippen LogP contribution is 2.23. The van der Waals surface area contributed by atoms with Crippen molar-refractivity contribution in [1.29, 1.82) is 0 Å². The van der Waals surface area contributed by atoms with E-state index in [2.05, 4.69) is 0 Å². The number of allylic oxidation sites excluding steroid dienone is 1. The van der Waals surface area contributed by atoms with Crippen molar-refractivity contribution in [3.8, 4) is 0 Å². The number of hydrogen-bond donors (Lipinski definition) is 0. The first-order valence-electron chi connectivity index (χ1n) is 4.88. The van der Waals surface area contributed by atoms with E-state index >= 15 is 0 Å². The molecule has 0 unspecified atom stereocenters. The maximum atomic E-state index is 11.8. The van der Waals surface area contributed by atoms with Crippen molar-refractivity contribution in [3.05, 3.63) is 62.3 Å². The van der Waals surface area contributed by atoms with Gasteiger partial charge in [-0.05, 0) is 35.2 Å². The molecule has 0 aliphatic heterocycles. The number of hydrogen-bond acceptors (Lipinski definition) is 2. The maximum Gasteiger partial charge on any atom is 0.197 e. The highest BCUT2D eigenvalue weighted by atomic mass is 35.5. The van der Waals surface area contributed by atoms with Gasteiger partial charge in [-0.3, -0.25) is 4.79 Å². The van der Waals surface area contributed by atoms with Gasteiger partial charge in [-0.2, -0.15) is 0 Å². The third-order valence-corrected chi connectivity index (χ3v) is 3.75. The predicted octanol–water partition coefficient (Wildman–Crippen LogP) is 4.95. The molecule has 1 nitrogen and oxygen atoms in total. The Bertz CT molecular complexity index is 555. The van der Waals surface area contributed by atoms with Crippen LogP contribution in [-0.2, 0) is 0 Å². The third-order valence-electron chi connectivity index (χ3n) is 2.14. The predicted molar refractivity (Wildman–Crippen MR) is 74.1 cm³/mol. The molecule has 0 bridgehead atoms. The monoisotopic (exact) mass is 282 g/mol. The standard InChI is InChI=1S/C13H8Cl2OS/c14-10-4-1-9(2-5-10)3-6-12(16)13-11(15)7-8-17-13/h1-8H/b6-3+. The number of thiophene rings is 1. The van der Waals surface area contributed by atoms with Crippen LogP contribution in [0.15, 0.2) is 41.8 Å². The van der Waals surface area contributed by atoms with Crippen molar-refractivity contribution in [1.82, 2.24) is 0 Å².